The number of anilines is 3. The molecule has 0 bridgehead atoms. The van der Waals surface area contributed by atoms with Crippen molar-refractivity contribution in [2.24, 2.45) is 0 Å². The van der Waals surface area contributed by atoms with E-state index in [0.29, 0.717) is 0 Å². The average Bonchev–Trinajstić information content (AvgIpc) is 2.67. The number of aromatic nitrogens is 3. The smallest absolute Gasteiger partial charge is 0.142 e. The number of nitrogens with zero attached hydrogens (tertiary/aromatic N) is 4. The molecule has 3 rings (SSSR count). The number of likely N-dealkylation sites (N-methyl/N-ethyl adjacent to an activating group) is 1. The molecule has 0 aliphatic carbocycles. The Labute approximate surface area is 153 Å². The third-order valence-corrected chi connectivity index (χ3v) is 4.07. The number of methoxy groups -OCH3 is 1. The van der Waals surface area contributed by atoms with Crippen LogP contribution in [-0.2, 0) is 6.42 Å². The van der Waals surface area contributed by atoms with Gasteiger partial charge in [0, 0.05) is 32.1 Å². The van der Waals surface area contributed by atoms with Crippen LogP contribution in [0.5, 0.6) is 5.75 Å². The predicted molar refractivity (Wildman–Crippen MR) is 104 cm³/mol. The van der Waals surface area contributed by atoms with Gasteiger partial charge in [-0.15, -0.1) is 0 Å². The standard InChI is InChI=1S/C20H23N5O/c1-15-22-19(24-17-6-4-5-7-18(17)26-3)14-20(23-15)25(2)13-10-16-8-11-21-12-9-16/h4-9,11-12,14H,10,13H2,1-3H3,(H,22,23,24). The molecule has 0 radical (unpaired) electrons. The van der Waals surface area contributed by atoms with E-state index >= 15 is 0 Å². The van der Waals surface area contributed by atoms with Crippen molar-refractivity contribution >= 4 is 17.3 Å². The Kier molecular flexibility index (Phi) is 5.63. The molecule has 0 spiro atoms. The molecule has 0 saturated carbocycles. The molecule has 0 aliphatic rings. The van der Waals surface area contributed by atoms with E-state index in [-0.39, 0.29) is 0 Å². The number of aryl methyl sites for hydroxylation is 1. The highest BCUT2D eigenvalue weighted by Gasteiger charge is 2.09. The molecule has 26 heavy (non-hydrogen) atoms. The molecule has 0 aliphatic heterocycles. The zero-order valence-electron chi connectivity index (χ0n) is 15.3. The van der Waals surface area contributed by atoms with Gasteiger partial charge in [-0.1, -0.05) is 12.1 Å². The highest BCUT2D eigenvalue weighted by Crippen LogP contribution is 2.27. The van der Waals surface area contributed by atoms with Crippen LogP contribution in [0.4, 0.5) is 17.3 Å². The third kappa shape index (κ3) is 4.47. The lowest BCUT2D eigenvalue weighted by molar-refractivity contribution is 0.417. The fourth-order valence-corrected chi connectivity index (χ4v) is 2.66. The molecule has 0 fully saturated rings. The molecule has 0 atom stereocenters. The first-order valence-electron chi connectivity index (χ1n) is 8.51. The van der Waals surface area contributed by atoms with E-state index in [1.54, 1.807) is 7.11 Å². The molecule has 0 amide bonds. The molecular weight excluding hydrogens is 326 g/mol. The van der Waals surface area contributed by atoms with Crippen molar-refractivity contribution in [2.75, 3.05) is 30.9 Å². The summed E-state index contributed by atoms with van der Waals surface area (Å²) in [5.41, 5.74) is 2.13. The monoisotopic (exact) mass is 349 g/mol. The van der Waals surface area contributed by atoms with Crippen molar-refractivity contribution in [3.8, 4) is 5.75 Å². The second-order valence-corrected chi connectivity index (χ2v) is 6.01. The third-order valence-electron chi connectivity index (χ3n) is 4.07. The van der Waals surface area contributed by atoms with E-state index < -0.39 is 0 Å². The van der Waals surface area contributed by atoms with E-state index in [1.165, 1.54) is 5.56 Å². The Morgan fingerprint density at radius 2 is 1.85 bits per heavy atom. The molecular formula is C20H23N5O. The molecule has 2 heterocycles. The first kappa shape index (κ1) is 17.7. The lowest BCUT2D eigenvalue weighted by atomic mass is 10.2. The molecule has 1 aromatic carbocycles. The topological polar surface area (TPSA) is 63.2 Å². The summed E-state index contributed by atoms with van der Waals surface area (Å²) < 4.78 is 5.39. The van der Waals surface area contributed by atoms with Gasteiger partial charge in [-0.3, -0.25) is 4.98 Å². The van der Waals surface area contributed by atoms with Crippen molar-refractivity contribution in [3.05, 3.63) is 66.2 Å². The van der Waals surface area contributed by atoms with Gasteiger partial charge in [0.2, 0.25) is 0 Å². The van der Waals surface area contributed by atoms with Crippen LogP contribution in [0.25, 0.3) is 0 Å². The zero-order valence-corrected chi connectivity index (χ0v) is 15.3. The number of pyridine rings is 1. The van der Waals surface area contributed by atoms with Gasteiger partial charge in [-0.05, 0) is 43.2 Å². The van der Waals surface area contributed by atoms with Crippen LogP contribution >= 0.6 is 0 Å². The zero-order chi connectivity index (χ0) is 18.4. The van der Waals surface area contributed by atoms with Crippen LogP contribution in [0.3, 0.4) is 0 Å². The van der Waals surface area contributed by atoms with Crippen molar-refractivity contribution in [2.45, 2.75) is 13.3 Å². The summed E-state index contributed by atoms with van der Waals surface area (Å²) in [4.78, 5) is 15.2. The molecule has 6 heteroatoms. The minimum Gasteiger partial charge on any atom is -0.495 e. The number of para-hydroxylation sites is 2. The van der Waals surface area contributed by atoms with Gasteiger partial charge >= 0.3 is 0 Å². The molecule has 6 nitrogen and oxygen atoms in total. The van der Waals surface area contributed by atoms with E-state index in [4.69, 9.17) is 4.74 Å². The van der Waals surface area contributed by atoms with Crippen LogP contribution in [0, 0.1) is 6.92 Å². The Morgan fingerprint density at radius 1 is 1.08 bits per heavy atom. The van der Waals surface area contributed by atoms with Gasteiger partial charge in [0.25, 0.3) is 0 Å². The van der Waals surface area contributed by atoms with Crippen molar-refractivity contribution in [3.63, 3.8) is 0 Å². The second kappa shape index (κ2) is 8.29. The predicted octanol–water partition coefficient (Wildman–Crippen LogP) is 3.61. The molecule has 1 N–H and O–H groups in total. The van der Waals surface area contributed by atoms with Gasteiger partial charge in [0.05, 0.1) is 12.8 Å². The minimum atomic E-state index is 0.718. The SMILES string of the molecule is COc1ccccc1Nc1cc(N(C)CCc2ccncc2)nc(C)n1. The first-order chi connectivity index (χ1) is 12.7. The van der Waals surface area contributed by atoms with Crippen LogP contribution in [0.2, 0.25) is 0 Å². The summed E-state index contributed by atoms with van der Waals surface area (Å²) in [5, 5.41) is 3.32. The summed E-state index contributed by atoms with van der Waals surface area (Å²) in [6, 6.07) is 13.8. The number of nitrogens with one attached hydrogen (secondary N) is 1. The quantitative estimate of drug-likeness (QED) is 0.703. The molecule has 134 valence electrons. The number of rotatable bonds is 7. The molecule has 0 unspecified atom stereocenters. The minimum absolute atomic E-state index is 0.718. The molecule has 3 aromatic rings. The average molecular weight is 349 g/mol. The summed E-state index contributed by atoms with van der Waals surface area (Å²) in [7, 11) is 3.69. The lowest BCUT2D eigenvalue weighted by Crippen LogP contribution is -2.22. The number of hydrogen-bond acceptors (Lipinski definition) is 6. The summed E-state index contributed by atoms with van der Waals surface area (Å²) in [5.74, 6) is 3.11. The number of ether oxygens (including phenoxy) is 1. The lowest BCUT2D eigenvalue weighted by Gasteiger charge is -2.19. The van der Waals surface area contributed by atoms with E-state index in [9.17, 15) is 0 Å². The number of benzene rings is 1. The maximum atomic E-state index is 5.39. The molecule has 2 aromatic heterocycles. The largest absolute Gasteiger partial charge is 0.495 e. The van der Waals surface area contributed by atoms with Gasteiger partial charge in [-0.25, -0.2) is 9.97 Å². The maximum absolute atomic E-state index is 5.39. The number of hydrogen-bond donors (Lipinski definition) is 1. The Balaban J connectivity index is 1.74. The maximum Gasteiger partial charge on any atom is 0.142 e. The molecule has 0 saturated heterocycles. The van der Waals surface area contributed by atoms with E-state index in [2.05, 4.69) is 25.2 Å². The second-order valence-electron chi connectivity index (χ2n) is 6.01. The summed E-state index contributed by atoms with van der Waals surface area (Å²) in [6.45, 7) is 2.75. The fraction of sp³-hybridized carbons (Fsp3) is 0.250. The van der Waals surface area contributed by atoms with Gasteiger partial charge in [0.1, 0.15) is 23.2 Å². The van der Waals surface area contributed by atoms with Crippen LogP contribution in [0.15, 0.2) is 54.9 Å². The van der Waals surface area contributed by atoms with Crippen molar-refractivity contribution in [1.82, 2.24) is 15.0 Å². The van der Waals surface area contributed by atoms with Crippen molar-refractivity contribution in [1.29, 1.82) is 0 Å². The Bertz CT molecular complexity index is 854. The normalized spacial score (nSPS) is 10.4. The Morgan fingerprint density at radius 3 is 2.62 bits per heavy atom. The van der Waals surface area contributed by atoms with Gasteiger partial charge < -0.3 is 15.0 Å². The van der Waals surface area contributed by atoms with Gasteiger partial charge in [-0.2, -0.15) is 0 Å². The Hall–Kier alpha value is -3.15. The van der Waals surface area contributed by atoms with Crippen LogP contribution in [0.1, 0.15) is 11.4 Å². The van der Waals surface area contributed by atoms with E-state index in [0.717, 1.165) is 41.9 Å². The van der Waals surface area contributed by atoms with E-state index in [1.807, 2.05) is 68.8 Å². The highest BCUT2D eigenvalue weighted by atomic mass is 16.5. The highest BCUT2D eigenvalue weighted by molar-refractivity contribution is 5.65. The summed E-state index contributed by atoms with van der Waals surface area (Å²) >= 11 is 0. The fourth-order valence-electron chi connectivity index (χ4n) is 2.66. The van der Waals surface area contributed by atoms with Crippen LogP contribution in [-0.4, -0.2) is 35.7 Å². The summed E-state index contributed by atoms with van der Waals surface area (Å²) in [6.07, 6.45) is 4.57. The first-order valence-corrected chi connectivity index (χ1v) is 8.51. The van der Waals surface area contributed by atoms with Crippen LogP contribution < -0.4 is 15.0 Å². The van der Waals surface area contributed by atoms with Gasteiger partial charge in [0.15, 0.2) is 0 Å². The van der Waals surface area contributed by atoms with Crippen molar-refractivity contribution < 1.29 is 4.74 Å².